The molecule has 0 bridgehead atoms. The van der Waals surface area contributed by atoms with Crippen molar-refractivity contribution in [3.63, 3.8) is 0 Å². The van der Waals surface area contributed by atoms with E-state index in [0.29, 0.717) is 0 Å². The number of nitrogens with zero attached hydrogens (tertiary/aromatic N) is 2. The second-order valence-corrected chi connectivity index (χ2v) is 6.46. The van der Waals surface area contributed by atoms with Gasteiger partial charge in [-0.15, -0.1) is 0 Å². The Kier molecular flexibility index (Phi) is 4.54. The lowest BCUT2D eigenvalue weighted by atomic mass is 9.76. The average molecular weight is 261 g/mol. The van der Waals surface area contributed by atoms with E-state index in [9.17, 15) is 0 Å². The molecule has 1 N–H and O–H groups in total. The molecule has 1 aromatic rings. The van der Waals surface area contributed by atoms with Gasteiger partial charge < -0.3 is 4.90 Å². The number of hydrogen-bond acceptors (Lipinski definition) is 2. The minimum atomic E-state index is 0.985. The summed E-state index contributed by atoms with van der Waals surface area (Å²) in [5.41, 5.74) is 1.35. The van der Waals surface area contributed by atoms with Crippen molar-refractivity contribution in [2.24, 2.45) is 11.8 Å². The van der Waals surface area contributed by atoms with Crippen molar-refractivity contribution in [3.05, 3.63) is 18.0 Å². The van der Waals surface area contributed by atoms with Crippen LogP contribution >= 0.6 is 0 Å². The standard InChI is InChI=1S/C16H27N3/c1-2-5-15(6-3-1)16-7-4-9-19(13-16)10-8-14-11-17-18-12-14/h11-12,15-16H,1-10,13H2,(H,17,18)/t16-/m0/s1. The summed E-state index contributed by atoms with van der Waals surface area (Å²) in [7, 11) is 0. The molecule has 3 rings (SSSR count). The van der Waals surface area contributed by atoms with Gasteiger partial charge in [0, 0.05) is 19.3 Å². The lowest BCUT2D eigenvalue weighted by molar-refractivity contribution is 0.116. The molecule has 1 aliphatic heterocycles. The van der Waals surface area contributed by atoms with Crippen LogP contribution in [0.4, 0.5) is 0 Å². The minimum Gasteiger partial charge on any atom is -0.303 e. The third-order valence-corrected chi connectivity index (χ3v) is 5.13. The van der Waals surface area contributed by atoms with Crippen LogP contribution in [0.15, 0.2) is 12.4 Å². The smallest absolute Gasteiger partial charge is 0.0519 e. The quantitative estimate of drug-likeness (QED) is 0.902. The third kappa shape index (κ3) is 3.59. The number of aromatic nitrogens is 2. The Morgan fingerprint density at radius 1 is 1.11 bits per heavy atom. The zero-order chi connectivity index (χ0) is 12.9. The van der Waals surface area contributed by atoms with Crippen molar-refractivity contribution >= 4 is 0 Å². The van der Waals surface area contributed by atoms with Crippen molar-refractivity contribution in [2.75, 3.05) is 19.6 Å². The number of hydrogen-bond donors (Lipinski definition) is 1. The fraction of sp³-hybridized carbons (Fsp3) is 0.812. The van der Waals surface area contributed by atoms with Crippen LogP contribution < -0.4 is 0 Å². The Hall–Kier alpha value is -0.830. The van der Waals surface area contributed by atoms with Crippen LogP contribution in [0.2, 0.25) is 0 Å². The maximum Gasteiger partial charge on any atom is 0.0519 e. The SMILES string of the molecule is c1n[nH]cc1CCN1CCC[C@H](C2CCCCC2)C1. The molecule has 19 heavy (non-hydrogen) atoms. The monoisotopic (exact) mass is 261 g/mol. The molecule has 0 spiro atoms. The molecule has 1 saturated heterocycles. The molecule has 0 amide bonds. The summed E-state index contributed by atoms with van der Waals surface area (Å²) in [5.74, 6) is 2.02. The van der Waals surface area contributed by atoms with Crippen LogP contribution in [0.5, 0.6) is 0 Å². The third-order valence-electron chi connectivity index (χ3n) is 5.13. The van der Waals surface area contributed by atoms with Gasteiger partial charge in [0.05, 0.1) is 6.20 Å². The van der Waals surface area contributed by atoms with E-state index >= 15 is 0 Å². The Morgan fingerprint density at radius 2 is 1.95 bits per heavy atom. The summed E-state index contributed by atoms with van der Waals surface area (Å²) in [6.45, 7) is 3.87. The van der Waals surface area contributed by atoms with E-state index in [1.807, 2.05) is 12.4 Å². The van der Waals surface area contributed by atoms with E-state index < -0.39 is 0 Å². The number of likely N-dealkylation sites (tertiary alicyclic amines) is 1. The topological polar surface area (TPSA) is 31.9 Å². The zero-order valence-corrected chi connectivity index (χ0v) is 12.0. The van der Waals surface area contributed by atoms with Crippen LogP contribution in [-0.2, 0) is 6.42 Å². The zero-order valence-electron chi connectivity index (χ0n) is 12.0. The van der Waals surface area contributed by atoms with Crippen LogP contribution in [0.25, 0.3) is 0 Å². The molecular weight excluding hydrogens is 234 g/mol. The van der Waals surface area contributed by atoms with Crippen LogP contribution in [0.1, 0.15) is 50.5 Å². The molecule has 1 aliphatic carbocycles. The molecular formula is C16H27N3. The summed E-state index contributed by atoms with van der Waals surface area (Å²) >= 11 is 0. The molecule has 0 radical (unpaired) electrons. The van der Waals surface area contributed by atoms with E-state index in [-0.39, 0.29) is 0 Å². The molecule has 1 saturated carbocycles. The molecule has 1 atom stereocenters. The van der Waals surface area contributed by atoms with Gasteiger partial charge in [0.25, 0.3) is 0 Å². The summed E-state index contributed by atoms with van der Waals surface area (Å²) < 4.78 is 0. The van der Waals surface area contributed by atoms with E-state index in [4.69, 9.17) is 0 Å². The highest BCUT2D eigenvalue weighted by molar-refractivity contribution is 5.02. The fourth-order valence-electron chi connectivity index (χ4n) is 3.99. The van der Waals surface area contributed by atoms with Gasteiger partial charge >= 0.3 is 0 Å². The Bertz CT molecular complexity index is 354. The number of rotatable bonds is 4. The molecule has 106 valence electrons. The largest absolute Gasteiger partial charge is 0.303 e. The molecule has 3 heteroatoms. The van der Waals surface area contributed by atoms with Crippen molar-refractivity contribution in [1.29, 1.82) is 0 Å². The Morgan fingerprint density at radius 3 is 2.74 bits per heavy atom. The molecule has 0 unspecified atom stereocenters. The second-order valence-electron chi connectivity index (χ2n) is 6.46. The summed E-state index contributed by atoms with van der Waals surface area (Å²) in [4.78, 5) is 2.69. The van der Waals surface area contributed by atoms with Gasteiger partial charge in [0.15, 0.2) is 0 Å². The first-order valence-electron chi connectivity index (χ1n) is 8.12. The van der Waals surface area contributed by atoms with E-state index in [1.54, 1.807) is 0 Å². The number of H-pyrrole nitrogens is 1. The van der Waals surface area contributed by atoms with Crippen molar-refractivity contribution in [2.45, 2.75) is 51.4 Å². The van der Waals surface area contributed by atoms with Gasteiger partial charge in [0.2, 0.25) is 0 Å². The van der Waals surface area contributed by atoms with E-state index in [2.05, 4.69) is 15.1 Å². The van der Waals surface area contributed by atoms with Crippen molar-refractivity contribution in [3.8, 4) is 0 Å². The first-order chi connectivity index (χ1) is 9.42. The van der Waals surface area contributed by atoms with Gasteiger partial charge in [0.1, 0.15) is 0 Å². The fourth-order valence-corrected chi connectivity index (χ4v) is 3.99. The highest BCUT2D eigenvalue weighted by Crippen LogP contribution is 2.34. The van der Waals surface area contributed by atoms with Gasteiger partial charge in [-0.1, -0.05) is 32.1 Å². The molecule has 0 aromatic carbocycles. The first-order valence-corrected chi connectivity index (χ1v) is 8.12. The van der Waals surface area contributed by atoms with Gasteiger partial charge in [-0.2, -0.15) is 5.10 Å². The van der Waals surface area contributed by atoms with Crippen molar-refractivity contribution < 1.29 is 0 Å². The summed E-state index contributed by atoms with van der Waals surface area (Å²) in [6, 6.07) is 0. The van der Waals surface area contributed by atoms with Crippen LogP contribution in [0.3, 0.4) is 0 Å². The summed E-state index contributed by atoms with van der Waals surface area (Å²) in [6.07, 6.45) is 15.5. The molecule has 1 aromatic heterocycles. The second kappa shape index (κ2) is 6.56. The lowest BCUT2D eigenvalue weighted by Gasteiger charge is -2.38. The van der Waals surface area contributed by atoms with E-state index in [0.717, 1.165) is 18.3 Å². The Labute approximate surface area is 116 Å². The number of piperidine rings is 1. The highest BCUT2D eigenvalue weighted by atomic mass is 15.1. The summed E-state index contributed by atoms with van der Waals surface area (Å²) in [5, 5.41) is 6.94. The van der Waals surface area contributed by atoms with Gasteiger partial charge in [-0.25, -0.2) is 0 Å². The van der Waals surface area contributed by atoms with Gasteiger partial charge in [-0.05, 0) is 43.2 Å². The predicted molar refractivity (Wildman–Crippen MR) is 78.0 cm³/mol. The van der Waals surface area contributed by atoms with Crippen LogP contribution in [-0.4, -0.2) is 34.7 Å². The number of nitrogens with one attached hydrogen (secondary N) is 1. The van der Waals surface area contributed by atoms with Crippen LogP contribution in [0, 0.1) is 11.8 Å². The number of aromatic amines is 1. The van der Waals surface area contributed by atoms with Crippen molar-refractivity contribution in [1.82, 2.24) is 15.1 Å². The Balaban J connectivity index is 1.47. The highest BCUT2D eigenvalue weighted by Gasteiger charge is 2.27. The lowest BCUT2D eigenvalue weighted by Crippen LogP contribution is -2.39. The average Bonchev–Trinajstić information content (AvgIpc) is 3.00. The maximum atomic E-state index is 4.03. The first kappa shape index (κ1) is 13.2. The molecule has 2 heterocycles. The van der Waals surface area contributed by atoms with Gasteiger partial charge in [-0.3, -0.25) is 5.10 Å². The van der Waals surface area contributed by atoms with E-state index in [1.165, 1.54) is 70.1 Å². The molecule has 2 aliphatic rings. The predicted octanol–water partition coefficient (Wildman–Crippen LogP) is 3.24. The molecule has 2 fully saturated rings. The maximum absolute atomic E-state index is 4.03. The minimum absolute atomic E-state index is 0.985. The molecule has 3 nitrogen and oxygen atoms in total. The normalized spacial score (nSPS) is 26.6.